The van der Waals surface area contributed by atoms with E-state index in [0.29, 0.717) is 10.9 Å². The van der Waals surface area contributed by atoms with Crippen LogP contribution in [0.4, 0.5) is 0 Å². The Balaban J connectivity index is 2.47. The van der Waals surface area contributed by atoms with E-state index in [2.05, 4.69) is 19.2 Å². The van der Waals surface area contributed by atoms with Gasteiger partial charge in [0.2, 0.25) is 0 Å². The van der Waals surface area contributed by atoms with Crippen LogP contribution in [0.5, 0.6) is 0 Å². The molecule has 0 fully saturated rings. The van der Waals surface area contributed by atoms with Gasteiger partial charge >= 0.3 is 0 Å². The van der Waals surface area contributed by atoms with Crippen molar-refractivity contribution in [2.24, 2.45) is 0 Å². The Morgan fingerprint density at radius 1 is 1.29 bits per heavy atom. The predicted octanol–water partition coefficient (Wildman–Crippen LogP) is 2.29. The second-order valence-corrected chi connectivity index (χ2v) is 6.95. The van der Waals surface area contributed by atoms with E-state index in [0.717, 1.165) is 18.4 Å². The average molecular weight is 253 g/mol. The third-order valence-corrected chi connectivity index (χ3v) is 4.94. The Morgan fingerprint density at radius 3 is 2.71 bits per heavy atom. The second-order valence-electron chi connectivity index (χ2n) is 4.87. The minimum atomic E-state index is -3.09. The molecule has 0 bridgehead atoms. The maximum atomic E-state index is 12.1. The molecule has 0 amide bonds. The highest BCUT2D eigenvalue weighted by Gasteiger charge is 2.27. The normalized spacial score (nSPS) is 23.1. The van der Waals surface area contributed by atoms with E-state index in [1.807, 2.05) is 12.1 Å². The molecule has 0 spiro atoms. The fourth-order valence-corrected chi connectivity index (χ4v) is 3.99. The lowest BCUT2D eigenvalue weighted by atomic mass is 10.0. The molecule has 1 heterocycles. The molecule has 1 aliphatic rings. The van der Waals surface area contributed by atoms with E-state index < -0.39 is 9.84 Å². The number of hydrogen-bond acceptors (Lipinski definition) is 3. The number of fused-ring (bicyclic) bond motifs is 1. The number of sulfone groups is 1. The van der Waals surface area contributed by atoms with E-state index >= 15 is 0 Å². The summed E-state index contributed by atoms with van der Waals surface area (Å²) in [5.74, 6) is 0.264. The number of benzene rings is 1. The maximum Gasteiger partial charge on any atom is 0.178 e. The van der Waals surface area contributed by atoms with Crippen LogP contribution in [-0.2, 0) is 9.84 Å². The van der Waals surface area contributed by atoms with Crippen LogP contribution in [0.15, 0.2) is 29.2 Å². The molecule has 0 aliphatic carbocycles. The van der Waals surface area contributed by atoms with Crippen LogP contribution in [0.1, 0.15) is 38.3 Å². The minimum Gasteiger partial charge on any atom is -0.308 e. The summed E-state index contributed by atoms with van der Waals surface area (Å²) in [4.78, 5) is 0.510. The lowest BCUT2D eigenvalue weighted by molar-refractivity contribution is 0.447. The summed E-state index contributed by atoms with van der Waals surface area (Å²) in [5, 5.41) is 3.45. The molecule has 1 atom stereocenters. The fraction of sp³-hybridized carbons (Fsp3) is 0.538. The van der Waals surface area contributed by atoms with Gasteiger partial charge in [0.25, 0.3) is 0 Å². The maximum absolute atomic E-state index is 12.1. The Morgan fingerprint density at radius 2 is 2.00 bits per heavy atom. The second kappa shape index (κ2) is 4.78. The molecular formula is C13H19NO2S. The number of rotatable bonds is 2. The van der Waals surface area contributed by atoms with Crippen LogP contribution >= 0.6 is 0 Å². The summed E-state index contributed by atoms with van der Waals surface area (Å²) in [6.45, 7) is 4.17. The minimum absolute atomic E-state index is 0.156. The monoisotopic (exact) mass is 253 g/mol. The lowest BCUT2D eigenvalue weighted by Crippen LogP contribution is -2.28. The van der Waals surface area contributed by atoms with Crippen molar-refractivity contribution in [1.29, 1.82) is 0 Å². The van der Waals surface area contributed by atoms with Gasteiger partial charge in [-0.1, -0.05) is 32.0 Å². The molecule has 1 unspecified atom stereocenters. The molecule has 17 heavy (non-hydrogen) atoms. The van der Waals surface area contributed by atoms with E-state index in [-0.39, 0.29) is 11.8 Å². The summed E-state index contributed by atoms with van der Waals surface area (Å²) in [6, 6.07) is 7.88. The van der Waals surface area contributed by atoms with E-state index in [9.17, 15) is 8.42 Å². The zero-order chi connectivity index (χ0) is 12.5. The van der Waals surface area contributed by atoms with Gasteiger partial charge in [-0.3, -0.25) is 0 Å². The van der Waals surface area contributed by atoms with Crippen molar-refractivity contribution in [3.8, 4) is 0 Å². The summed E-state index contributed by atoms with van der Waals surface area (Å²) >= 11 is 0. The van der Waals surface area contributed by atoms with Gasteiger partial charge in [-0.15, -0.1) is 0 Å². The van der Waals surface area contributed by atoms with Gasteiger partial charge in [0.15, 0.2) is 9.84 Å². The highest BCUT2D eigenvalue weighted by Crippen LogP contribution is 2.31. The van der Waals surface area contributed by atoms with Crippen LogP contribution in [0.2, 0.25) is 0 Å². The highest BCUT2D eigenvalue weighted by atomic mass is 32.2. The lowest BCUT2D eigenvalue weighted by Gasteiger charge is -2.21. The van der Waals surface area contributed by atoms with Gasteiger partial charge in [-0.2, -0.15) is 0 Å². The highest BCUT2D eigenvalue weighted by molar-refractivity contribution is 7.91. The quantitative estimate of drug-likeness (QED) is 0.879. The third-order valence-electron chi connectivity index (χ3n) is 3.07. The van der Waals surface area contributed by atoms with E-state index in [1.54, 1.807) is 12.1 Å². The van der Waals surface area contributed by atoms with Crippen molar-refractivity contribution >= 4 is 9.84 Å². The van der Waals surface area contributed by atoms with Gasteiger partial charge in [-0.05, 0) is 24.5 Å². The molecule has 0 saturated carbocycles. The van der Waals surface area contributed by atoms with Gasteiger partial charge in [0.05, 0.1) is 10.6 Å². The van der Waals surface area contributed by atoms with Gasteiger partial charge in [0.1, 0.15) is 0 Å². The molecule has 1 aromatic carbocycles. The van der Waals surface area contributed by atoms with E-state index in [4.69, 9.17) is 0 Å². The summed E-state index contributed by atoms with van der Waals surface area (Å²) < 4.78 is 24.2. The molecule has 1 N–H and O–H groups in total. The first kappa shape index (κ1) is 12.6. The predicted molar refractivity (Wildman–Crippen MR) is 68.7 cm³/mol. The molecular weight excluding hydrogens is 234 g/mol. The Hall–Kier alpha value is -0.870. The molecule has 0 aromatic heterocycles. The van der Waals surface area contributed by atoms with Crippen molar-refractivity contribution in [2.45, 2.75) is 43.7 Å². The van der Waals surface area contributed by atoms with Gasteiger partial charge in [-0.25, -0.2) is 8.42 Å². The van der Waals surface area contributed by atoms with Crippen molar-refractivity contribution in [1.82, 2.24) is 5.32 Å². The van der Waals surface area contributed by atoms with Crippen molar-refractivity contribution < 1.29 is 8.42 Å². The van der Waals surface area contributed by atoms with Crippen LogP contribution < -0.4 is 5.32 Å². The number of hydrogen-bond donors (Lipinski definition) is 1. The Labute approximate surface area is 103 Å². The Bertz CT molecular complexity index is 494. The average Bonchev–Trinajstić information content (AvgIpc) is 2.37. The number of nitrogens with one attached hydrogen (secondary N) is 1. The first-order valence-electron chi connectivity index (χ1n) is 6.08. The zero-order valence-electron chi connectivity index (χ0n) is 10.3. The summed E-state index contributed by atoms with van der Waals surface area (Å²) in [7, 11) is -3.09. The molecule has 4 heteroatoms. The first-order valence-corrected chi connectivity index (χ1v) is 7.73. The first-order chi connectivity index (χ1) is 8.00. The van der Waals surface area contributed by atoms with Crippen molar-refractivity contribution in [2.75, 3.05) is 5.75 Å². The summed E-state index contributed by atoms with van der Waals surface area (Å²) in [5.41, 5.74) is 0.929. The largest absolute Gasteiger partial charge is 0.308 e. The molecule has 0 saturated heterocycles. The van der Waals surface area contributed by atoms with Gasteiger partial charge < -0.3 is 5.32 Å². The molecule has 94 valence electrons. The van der Waals surface area contributed by atoms with Crippen LogP contribution in [0.3, 0.4) is 0 Å². The van der Waals surface area contributed by atoms with E-state index in [1.165, 1.54) is 0 Å². The van der Waals surface area contributed by atoms with Crippen molar-refractivity contribution in [3.05, 3.63) is 29.8 Å². The topological polar surface area (TPSA) is 46.2 Å². The smallest absolute Gasteiger partial charge is 0.178 e. The molecule has 2 rings (SSSR count). The zero-order valence-corrected chi connectivity index (χ0v) is 11.1. The molecule has 3 nitrogen and oxygen atoms in total. The third kappa shape index (κ3) is 2.69. The standard InChI is InChI=1S/C13H19NO2S/c1-10(2)14-12-7-5-9-17(15,16)13-8-4-3-6-11(12)13/h3-4,6,8,10,12,14H,5,7,9H2,1-2H3. The Kier molecular flexibility index (Phi) is 3.54. The molecule has 1 aromatic rings. The van der Waals surface area contributed by atoms with Crippen LogP contribution in [0.25, 0.3) is 0 Å². The van der Waals surface area contributed by atoms with Crippen LogP contribution in [-0.4, -0.2) is 20.2 Å². The summed E-state index contributed by atoms with van der Waals surface area (Å²) in [6.07, 6.45) is 1.61. The SMILES string of the molecule is CC(C)NC1CCCS(=O)(=O)c2ccccc21. The molecule has 1 aliphatic heterocycles. The van der Waals surface area contributed by atoms with Crippen molar-refractivity contribution in [3.63, 3.8) is 0 Å². The van der Waals surface area contributed by atoms with Gasteiger partial charge in [0, 0.05) is 12.1 Å². The van der Waals surface area contributed by atoms with Crippen LogP contribution in [0, 0.1) is 0 Å². The molecule has 0 radical (unpaired) electrons. The fourth-order valence-electron chi connectivity index (χ4n) is 2.37.